The smallest absolute Gasteiger partial charge is 0.329 e. The largest absolute Gasteiger partial charge is 0.368 e. The average Bonchev–Trinajstić information content (AvgIpc) is 2.79. The van der Waals surface area contributed by atoms with Gasteiger partial charge in [0.15, 0.2) is 0 Å². The molecule has 1 atom stereocenters. The molecule has 1 aromatic heterocycles. The lowest BCUT2D eigenvalue weighted by molar-refractivity contribution is -0.135. The van der Waals surface area contributed by atoms with Gasteiger partial charge in [-0.2, -0.15) is 0 Å². The first-order valence-corrected chi connectivity index (χ1v) is 8.25. The zero-order valence-corrected chi connectivity index (χ0v) is 13.8. The summed E-state index contributed by atoms with van der Waals surface area (Å²) < 4.78 is 3.00. The van der Waals surface area contributed by atoms with Crippen LogP contribution >= 0.6 is 0 Å². The van der Waals surface area contributed by atoms with Gasteiger partial charge in [-0.05, 0) is 18.6 Å². The van der Waals surface area contributed by atoms with Gasteiger partial charge in [0, 0.05) is 32.5 Å². The molecule has 2 saturated heterocycles. The van der Waals surface area contributed by atoms with E-state index in [1.54, 1.807) is 13.1 Å². The van der Waals surface area contributed by atoms with Crippen molar-refractivity contribution in [2.24, 2.45) is 13.0 Å². The van der Waals surface area contributed by atoms with E-state index < -0.39 is 11.9 Å². The summed E-state index contributed by atoms with van der Waals surface area (Å²) in [5.41, 5.74) is 1.99. The van der Waals surface area contributed by atoms with E-state index in [0.29, 0.717) is 25.0 Å². The van der Waals surface area contributed by atoms with E-state index in [-0.39, 0.29) is 23.9 Å². The van der Waals surface area contributed by atoms with Crippen LogP contribution in [-0.4, -0.2) is 40.3 Å². The fourth-order valence-corrected chi connectivity index (χ4v) is 3.70. The molecule has 1 N–H and O–H groups in total. The van der Waals surface area contributed by atoms with Crippen LogP contribution in [0.1, 0.15) is 18.9 Å². The van der Waals surface area contributed by atoms with Crippen molar-refractivity contribution >= 4 is 34.8 Å². The van der Waals surface area contributed by atoms with Crippen LogP contribution in [0.4, 0.5) is 5.69 Å². The topological polar surface area (TPSA) is 93.4 Å². The Morgan fingerprint density at radius 1 is 1.20 bits per heavy atom. The molecule has 2 aliphatic heterocycles. The minimum absolute atomic E-state index is 0.0181. The van der Waals surface area contributed by atoms with Crippen molar-refractivity contribution in [1.82, 2.24) is 14.5 Å². The number of aryl methyl sites for hydroxylation is 1. The van der Waals surface area contributed by atoms with Crippen LogP contribution in [0, 0.1) is 5.92 Å². The summed E-state index contributed by atoms with van der Waals surface area (Å²) in [7, 11) is 1.67. The second kappa shape index (κ2) is 5.58. The Bertz CT molecular complexity index is 951. The van der Waals surface area contributed by atoms with Gasteiger partial charge in [-0.1, -0.05) is 6.07 Å². The molecule has 2 fully saturated rings. The second-order valence-electron chi connectivity index (χ2n) is 6.62. The quantitative estimate of drug-likeness (QED) is 0.624. The van der Waals surface area contributed by atoms with Gasteiger partial charge in [-0.15, -0.1) is 0 Å². The lowest BCUT2D eigenvalue weighted by Crippen LogP contribution is -2.47. The van der Waals surface area contributed by atoms with Crippen LogP contribution in [0.5, 0.6) is 0 Å². The van der Waals surface area contributed by atoms with Crippen LogP contribution in [0.25, 0.3) is 11.0 Å². The predicted octanol–water partition coefficient (Wildman–Crippen LogP) is -0.0472. The molecule has 0 bridgehead atoms. The van der Waals surface area contributed by atoms with Gasteiger partial charge in [-0.25, -0.2) is 4.79 Å². The van der Waals surface area contributed by atoms with Crippen molar-refractivity contribution in [3.8, 4) is 0 Å². The molecule has 1 aromatic carbocycles. The number of aromatic nitrogens is 2. The molecule has 0 saturated carbocycles. The number of hydrogen-bond donors (Lipinski definition) is 1. The third-order valence-corrected chi connectivity index (χ3v) is 5.05. The maximum atomic E-state index is 12.8. The van der Waals surface area contributed by atoms with Gasteiger partial charge in [0.2, 0.25) is 11.8 Å². The van der Waals surface area contributed by atoms with Gasteiger partial charge in [0.25, 0.3) is 0 Å². The third-order valence-electron chi connectivity index (χ3n) is 5.05. The summed E-state index contributed by atoms with van der Waals surface area (Å²) in [5, 5.41) is 2.31. The highest BCUT2D eigenvalue weighted by Gasteiger charge is 2.33. The highest BCUT2D eigenvalue weighted by molar-refractivity contribution is 6.00. The molecule has 25 heavy (non-hydrogen) atoms. The molecule has 0 spiro atoms. The standard InChI is InChI=1S/C17H18N4O4/c1-19-15-11(20-7-10(8-20)9-22)3-2-4-12(15)21(17(19)25)13-5-6-14(23)18-16(13)24/h2-4,9-10,13H,5-8H2,1H3,(H,18,23,24). The third kappa shape index (κ3) is 2.28. The zero-order chi connectivity index (χ0) is 17.7. The minimum Gasteiger partial charge on any atom is -0.368 e. The summed E-state index contributed by atoms with van der Waals surface area (Å²) in [6.45, 7) is 1.25. The number of anilines is 1. The zero-order valence-electron chi connectivity index (χ0n) is 13.8. The van der Waals surface area contributed by atoms with Gasteiger partial charge in [-0.3, -0.25) is 24.0 Å². The first-order valence-electron chi connectivity index (χ1n) is 8.25. The number of amides is 2. The predicted molar refractivity (Wildman–Crippen MR) is 90.4 cm³/mol. The van der Waals surface area contributed by atoms with E-state index in [9.17, 15) is 19.2 Å². The summed E-state index contributed by atoms with van der Waals surface area (Å²) in [5.74, 6) is -0.735. The van der Waals surface area contributed by atoms with Crippen molar-refractivity contribution in [3.05, 3.63) is 28.7 Å². The number of aldehydes is 1. The van der Waals surface area contributed by atoms with Crippen molar-refractivity contribution < 1.29 is 14.4 Å². The maximum absolute atomic E-state index is 12.8. The molecule has 1 unspecified atom stereocenters. The first-order chi connectivity index (χ1) is 12.0. The number of piperidine rings is 1. The molecular formula is C17H18N4O4. The number of para-hydroxylation sites is 1. The van der Waals surface area contributed by atoms with E-state index in [0.717, 1.165) is 17.5 Å². The van der Waals surface area contributed by atoms with Crippen molar-refractivity contribution in [2.45, 2.75) is 18.9 Å². The van der Waals surface area contributed by atoms with Crippen LogP contribution in [0.2, 0.25) is 0 Å². The molecule has 8 heteroatoms. The van der Waals surface area contributed by atoms with Crippen LogP contribution < -0.4 is 15.9 Å². The van der Waals surface area contributed by atoms with E-state index in [1.807, 2.05) is 12.1 Å². The Morgan fingerprint density at radius 2 is 1.96 bits per heavy atom. The van der Waals surface area contributed by atoms with Crippen LogP contribution in [0.15, 0.2) is 23.0 Å². The molecule has 0 aliphatic carbocycles. The second-order valence-corrected chi connectivity index (χ2v) is 6.62. The van der Waals surface area contributed by atoms with Gasteiger partial charge in [0.05, 0.1) is 16.7 Å². The SMILES string of the molecule is Cn1c(=O)n(C2CCC(=O)NC2=O)c2cccc(N3CC(C=O)C3)c21. The number of benzene rings is 1. The fourth-order valence-electron chi connectivity index (χ4n) is 3.70. The van der Waals surface area contributed by atoms with E-state index in [2.05, 4.69) is 10.2 Å². The lowest BCUT2D eigenvalue weighted by Gasteiger charge is -2.38. The molecule has 2 aromatic rings. The highest BCUT2D eigenvalue weighted by atomic mass is 16.2. The van der Waals surface area contributed by atoms with Gasteiger partial charge < -0.3 is 9.69 Å². The minimum atomic E-state index is -0.691. The summed E-state index contributed by atoms with van der Waals surface area (Å²) in [4.78, 5) is 49.3. The Hall–Kier alpha value is -2.90. The Morgan fingerprint density at radius 3 is 2.64 bits per heavy atom. The molecule has 8 nitrogen and oxygen atoms in total. The Kier molecular flexibility index (Phi) is 3.48. The van der Waals surface area contributed by atoms with Crippen LogP contribution in [0.3, 0.4) is 0 Å². The van der Waals surface area contributed by atoms with E-state index in [1.165, 1.54) is 9.13 Å². The fraction of sp³-hybridized carbons (Fsp3) is 0.412. The number of nitrogens with one attached hydrogen (secondary N) is 1. The van der Waals surface area contributed by atoms with Crippen LogP contribution in [-0.2, 0) is 21.4 Å². The number of carbonyl (C=O) groups is 3. The number of nitrogens with zero attached hydrogens (tertiary/aromatic N) is 3. The van der Waals surface area contributed by atoms with Crippen molar-refractivity contribution in [1.29, 1.82) is 0 Å². The summed E-state index contributed by atoms with van der Waals surface area (Å²) >= 11 is 0. The Labute approximate surface area is 143 Å². The molecule has 2 amide bonds. The summed E-state index contributed by atoms with van der Waals surface area (Å²) in [6, 6.07) is 4.87. The molecule has 2 aliphatic rings. The number of imide groups is 1. The van der Waals surface area contributed by atoms with Gasteiger partial charge in [0.1, 0.15) is 12.3 Å². The highest BCUT2D eigenvalue weighted by Crippen LogP contribution is 2.32. The molecule has 3 heterocycles. The number of hydrogen-bond acceptors (Lipinski definition) is 5. The lowest BCUT2D eigenvalue weighted by atomic mass is 10.0. The molecule has 0 radical (unpaired) electrons. The number of carbonyl (C=O) groups excluding carboxylic acids is 3. The summed E-state index contributed by atoms with van der Waals surface area (Å²) in [6.07, 6.45) is 1.47. The normalized spacial score (nSPS) is 21.3. The molecule has 4 rings (SSSR count). The number of imidazole rings is 1. The van der Waals surface area contributed by atoms with Crippen molar-refractivity contribution in [2.75, 3.05) is 18.0 Å². The molecular weight excluding hydrogens is 324 g/mol. The Balaban J connectivity index is 1.83. The van der Waals surface area contributed by atoms with E-state index >= 15 is 0 Å². The van der Waals surface area contributed by atoms with Crippen molar-refractivity contribution in [3.63, 3.8) is 0 Å². The first kappa shape index (κ1) is 15.6. The number of fused-ring (bicyclic) bond motifs is 1. The maximum Gasteiger partial charge on any atom is 0.329 e. The average molecular weight is 342 g/mol. The van der Waals surface area contributed by atoms with Gasteiger partial charge >= 0.3 is 5.69 Å². The monoisotopic (exact) mass is 342 g/mol. The van der Waals surface area contributed by atoms with E-state index in [4.69, 9.17) is 0 Å². The molecule has 130 valence electrons. The number of rotatable bonds is 3.